The van der Waals surface area contributed by atoms with Crippen LogP contribution in [0.4, 0.5) is 0 Å². The zero-order chi connectivity index (χ0) is 12.6. The molecule has 0 atom stereocenters. The largest absolute Gasteiger partial charge is 0.380 e. The average Bonchev–Trinajstić information content (AvgIpc) is 2.35. The molecule has 96 valence electrons. The highest BCUT2D eigenvalue weighted by Crippen LogP contribution is 2.05. The van der Waals surface area contributed by atoms with Crippen molar-refractivity contribution >= 4 is 0 Å². The van der Waals surface area contributed by atoms with Crippen LogP contribution in [0.25, 0.3) is 0 Å². The summed E-state index contributed by atoms with van der Waals surface area (Å²) in [7, 11) is 0. The fourth-order valence-corrected chi connectivity index (χ4v) is 1.52. The van der Waals surface area contributed by atoms with Crippen molar-refractivity contribution in [3.05, 3.63) is 35.9 Å². The quantitative estimate of drug-likeness (QED) is 0.699. The van der Waals surface area contributed by atoms with Crippen LogP contribution in [-0.4, -0.2) is 25.3 Å². The lowest BCUT2D eigenvalue weighted by Gasteiger charge is -2.24. The molecule has 0 fully saturated rings. The minimum Gasteiger partial charge on any atom is -0.380 e. The lowest BCUT2D eigenvalue weighted by molar-refractivity contribution is 0.132. The van der Waals surface area contributed by atoms with Crippen molar-refractivity contribution in [2.24, 2.45) is 0 Å². The summed E-state index contributed by atoms with van der Waals surface area (Å²) in [5.41, 5.74) is 1.57. The first-order valence-corrected chi connectivity index (χ1v) is 6.51. The van der Waals surface area contributed by atoms with Gasteiger partial charge < -0.3 is 10.1 Å². The van der Waals surface area contributed by atoms with Gasteiger partial charge in [-0.2, -0.15) is 0 Å². The summed E-state index contributed by atoms with van der Waals surface area (Å²) in [5.74, 6) is 0. The third kappa shape index (κ3) is 6.44. The van der Waals surface area contributed by atoms with Crippen LogP contribution < -0.4 is 5.32 Å². The molecule has 2 heteroatoms. The fraction of sp³-hybridized carbons (Fsp3) is 0.600. The van der Waals surface area contributed by atoms with Crippen LogP contribution in [0.2, 0.25) is 0 Å². The zero-order valence-electron chi connectivity index (χ0n) is 11.3. The molecule has 0 aliphatic carbocycles. The molecule has 0 radical (unpaired) electrons. The Kier molecular flexibility index (Phi) is 6.23. The summed E-state index contributed by atoms with van der Waals surface area (Å²) in [6.45, 7) is 9.15. The van der Waals surface area contributed by atoms with E-state index in [1.54, 1.807) is 0 Å². The van der Waals surface area contributed by atoms with Crippen molar-refractivity contribution in [3.63, 3.8) is 0 Å². The SMILES string of the molecule is CCC(C)(C)NCCOCCc1ccccc1. The Morgan fingerprint density at radius 3 is 2.47 bits per heavy atom. The first-order chi connectivity index (χ1) is 8.14. The molecule has 0 saturated heterocycles. The molecule has 0 saturated carbocycles. The smallest absolute Gasteiger partial charge is 0.0591 e. The van der Waals surface area contributed by atoms with E-state index >= 15 is 0 Å². The van der Waals surface area contributed by atoms with E-state index in [0.717, 1.165) is 32.6 Å². The van der Waals surface area contributed by atoms with Crippen molar-refractivity contribution in [3.8, 4) is 0 Å². The van der Waals surface area contributed by atoms with Gasteiger partial charge in [-0.05, 0) is 32.3 Å². The van der Waals surface area contributed by atoms with Crippen LogP contribution in [-0.2, 0) is 11.2 Å². The summed E-state index contributed by atoms with van der Waals surface area (Å²) in [5, 5.41) is 3.48. The van der Waals surface area contributed by atoms with Crippen LogP contribution in [0.1, 0.15) is 32.8 Å². The molecule has 0 amide bonds. The monoisotopic (exact) mass is 235 g/mol. The summed E-state index contributed by atoms with van der Waals surface area (Å²) < 4.78 is 5.61. The second kappa shape index (κ2) is 7.46. The third-order valence-electron chi connectivity index (χ3n) is 3.11. The third-order valence-corrected chi connectivity index (χ3v) is 3.11. The molecule has 1 aromatic carbocycles. The van der Waals surface area contributed by atoms with Gasteiger partial charge in [-0.3, -0.25) is 0 Å². The summed E-state index contributed by atoms with van der Waals surface area (Å²) >= 11 is 0. The number of nitrogens with one attached hydrogen (secondary N) is 1. The molecule has 2 nitrogen and oxygen atoms in total. The van der Waals surface area contributed by atoms with Gasteiger partial charge in [-0.15, -0.1) is 0 Å². The van der Waals surface area contributed by atoms with Crippen molar-refractivity contribution in [1.29, 1.82) is 0 Å². The van der Waals surface area contributed by atoms with E-state index in [-0.39, 0.29) is 5.54 Å². The molecule has 1 rings (SSSR count). The van der Waals surface area contributed by atoms with E-state index in [1.165, 1.54) is 5.56 Å². The second-order valence-electron chi connectivity index (χ2n) is 5.01. The van der Waals surface area contributed by atoms with Gasteiger partial charge in [-0.25, -0.2) is 0 Å². The molecule has 0 heterocycles. The highest BCUT2D eigenvalue weighted by Gasteiger charge is 2.12. The molecular formula is C15H25NO. The number of hydrogen-bond donors (Lipinski definition) is 1. The van der Waals surface area contributed by atoms with Crippen molar-refractivity contribution in [1.82, 2.24) is 5.32 Å². The maximum Gasteiger partial charge on any atom is 0.0591 e. The van der Waals surface area contributed by atoms with E-state index < -0.39 is 0 Å². The first-order valence-electron chi connectivity index (χ1n) is 6.51. The Hall–Kier alpha value is -0.860. The Morgan fingerprint density at radius 2 is 1.82 bits per heavy atom. The van der Waals surface area contributed by atoms with Crippen LogP contribution in [0, 0.1) is 0 Å². The Morgan fingerprint density at radius 1 is 1.12 bits per heavy atom. The van der Waals surface area contributed by atoms with Crippen LogP contribution in [0.3, 0.4) is 0 Å². The molecular weight excluding hydrogens is 210 g/mol. The molecule has 0 aliphatic heterocycles. The molecule has 0 unspecified atom stereocenters. The van der Waals surface area contributed by atoms with Gasteiger partial charge in [0.15, 0.2) is 0 Å². The van der Waals surface area contributed by atoms with Gasteiger partial charge in [0.25, 0.3) is 0 Å². The topological polar surface area (TPSA) is 21.3 Å². The maximum absolute atomic E-state index is 5.61. The molecule has 1 aromatic rings. The predicted octanol–water partition coefficient (Wildman–Crippen LogP) is 3.02. The maximum atomic E-state index is 5.61. The van der Waals surface area contributed by atoms with Gasteiger partial charge in [0.05, 0.1) is 13.2 Å². The summed E-state index contributed by atoms with van der Waals surface area (Å²) in [4.78, 5) is 0. The van der Waals surface area contributed by atoms with Crippen LogP contribution in [0.5, 0.6) is 0 Å². The molecule has 0 bridgehead atoms. The van der Waals surface area contributed by atoms with Gasteiger partial charge in [0, 0.05) is 12.1 Å². The van der Waals surface area contributed by atoms with E-state index in [4.69, 9.17) is 4.74 Å². The van der Waals surface area contributed by atoms with Gasteiger partial charge >= 0.3 is 0 Å². The lowest BCUT2D eigenvalue weighted by Crippen LogP contribution is -2.40. The predicted molar refractivity (Wildman–Crippen MR) is 73.3 cm³/mol. The van der Waals surface area contributed by atoms with E-state index in [0.29, 0.717) is 0 Å². The van der Waals surface area contributed by atoms with Crippen LogP contribution >= 0.6 is 0 Å². The molecule has 0 aliphatic rings. The summed E-state index contributed by atoms with van der Waals surface area (Å²) in [6.07, 6.45) is 2.13. The number of ether oxygens (including phenoxy) is 1. The van der Waals surface area contributed by atoms with Crippen molar-refractivity contribution < 1.29 is 4.74 Å². The molecule has 1 N–H and O–H groups in total. The average molecular weight is 235 g/mol. The number of benzene rings is 1. The molecule has 0 spiro atoms. The van der Waals surface area contributed by atoms with Crippen molar-refractivity contribution in [2.75, 3.05) is 19.8 Å². The van der Waals surface area contributed by atoms with Crippen molar-refractivity contribution in [2.45, 2.75) is 39.2 Å². The van der Waals surface area contributed by atoms with E-state index in [9.17, 15) is 0 Å². The fourth-order valence-electron chi connectivity index (χ4n) is 1.52. The minimum absolute atomic E-state index is 0.225. The first kappa shape index (κ1) is 14.2. The summed E-state index contributed by atoms with van der Waals surface area (Å²) in [6, 6.07) is 10.5. The minimum atomic E-state index is 0.225. The molecule has 0 aromatic heterocycles. The lowest BCUT2D eigenvalue weighted by atomic mass is 10.0. The van der Waals surface area contributed by atoms with E-state index in [1.807, 2.05) is 6.07 Å². The van der Waals surface area contributed by atoms with Crippen LogP contribution in [0.15, 0.2) is 30.3 Å². The highest BCUT2D eigenvalue weighted by atomic mass is 16.5. The highest BCUT2D eigenvalue weighted by molar-refractivity contribution is 5.14. The second-order valence-corrected chi connectivity index (χ2v) is 5.01. The Balaban J connectivity index is 2.02. The number of rotatable bonds is 8. The van der Waals surface area contributed by atoms with Gasteiger partial charge in [-0.1, -0.05) is 37.3 Å². The van der Waals surface area contributed by atoms with Gasteiger partial charge in [0.1, 0.15) is 0 Å². The van der Waals surface area contributed by atoms with Gasteiger partial charge in [0.2, 0.25) is 0 Å². The standard InChI is InChI=1S/C15H25NO/c1-4-15(2,3)16-11-13-17-12-10-14-8-6-5-7-9-14/h5-9,16H,4,10-13H2,1-3H3. The normalized spacial score (nSPS) is 11.7. The Bertz CT molecular complexity index is 295. The zero-order valence-corrected chi connectivity index (χ0v) is 11.3. The Labute approximate surface area is 105 Å². The van der Waals surface area contributed by atoms with E-state index in [2.05, 4.69) is 50.4 Å². The number of hydrogen-bond acceptors (Lipinski definition) is 2. The molecule has 17 heavy (non-hydrogen) atoms.